The number of anilines is 1. The lowest BCUT2D eigenvalue weighted by Gasteiger charge is -2.05. The standard InChI is InChI=1S/C10H11N7/c1-2-17-6(3-4-14-17)7-8-9(13-5-12-8)16-10(11)15-7/h3-5H,2H2,1H3,(H3,11,12,13,15,16). The predicted octanol–water partition coefficient (Wildman–Crippen LogP) is 0.819. The van der Waals surface area contributed by atoms with E-state index in [2.05, 4.69) is 25.0 Å². The van der Waals surface area contributed by atoms with Crippen molar-refractivity contribution in [2.45, 2.75) is 13.5 Å². The van der Waals surface area contributed by atoms with Gasteiger partial charge in [0, 0.05) is 12.7 Å². The second kappa shape index (κ2) is 3.55. The van der Waals surface area contributed by atoms with Crippen LogP contribution in [0.5, 0.6) is 0 Å². The van der Waals surface area contributed by atoms with Crippen LogP contribution in [0.25, 0.3) is 22.6 Å². The molecule has 0 atom stereocenters. The van der Waals surface area contributed by atoms with Crippen LogP contribution in [0, 0.1) is 0 Å². The van der Waals surface area contributed by atoms with Gasteiger partial charge in [-0.2, -0.15) is 10.1 Å². The van der Waals surface area contributed by atoms with Crippen molar-refractivity contribution in [3.63, 3.8) is 0 Å². The van der Waals surface area contributed by atoms with E-state index in [1.54, 1.807) is 12.5 Å². The van der Waals surface area contributed by atoms with Gasteiger partial charge in [-0.15, -0.1) is 0 Å². The number of aryl methyl sites for hydroxylation is 1. The second-order valence-electron chi connectivity index (χ2n) is 3.56. The molecule has 17 heavy (non-hydrogen) atoms. The van der Waals surface area contributed by atoms with Gasteiger partial charge < -0.3 is 10.7 Å². The highest BCUT2D eigenvalue weighted by Crippen LogP contribution is 2.23. The van der Waals surface area contributed by atoms with Crippen molar-refractivity contribution < 1.29 is 0 Å². The summed E-state index contributed by atoms with van der Waals surface area (Å²) >= 11 is 0. The Morgan fingerprint density at radius 1 is 1.41 bits per heavy atom. The number of imidazole rings is 1. The fourth-order valence-electron chi connectivity index (χ4n) is 1.82. The summed E-state index contributed by atoms with van der Waals surface area (Å²) < 4.78 is 1.85. The van der Waals surface area contributed by atoms with E-state index in [9.17, 15) is 0 Å². The van der Waals surface area contributed by atoms with Crippen molar-refractivity contribution in [1.82, 2.24) is 29.7 Å². The molecule has 0 aliphatic carbocycles. The van der Waals surface area contributed by atoms with Gasteiger partial charge in [0.1, 0.15) is 11.2 Å². The van der Waals surface area contributed by atoms with Crippen LogP contribution < -0.4 is 5.73 Å². The summed E-state index contributed by atoms with van der Waals surface area (Å²) in [6, 6.07) is 1.89. The zero-order valence-electron chi connectivity index (χ0n) is 9.25. The molecule has 0 aliphatic heterocycles. The first kappa shape index (κ1) is 9.76. The average Bonchev–Trinajstić information content (AvgIpc) is 2.95. The molecule has 3 N–H and O–H groups in total. The van der Waals surface area contributed by atoms with Crippen molar-refractivity contribution >= 4 is 17.1 Å². The molecule has 0 aromatic carbocycles. The van der Waals surface area contributed by atoms with Gasteiger partial charge >= 0.3 is 0 Å². The van der Waals surface area contributed by atoms with Crippen LogP contribution in [0.2, 0.25) is 0 Å². The van der Waals surface area contributed by atoms with Gasteiger partial charge in [-0.25, -0.2) is 9.97 Å². The minimum atomic E-state index is 0.212. The first-order valence-electron chi connectivity index (χ1n) is 5.28. The Kier molecular flexibility index (Phi) is 2.04. The largest absolute Gasteiger partial charge is 0.368 e. The molecular formula is C10H11N7. The molecule has 0 spiro atoms. The zero-order valence-corrected chi connectivity index (χ0v) is 9.25. The Hall–Kier alpha value is -2.44. The highest BCUT2D eigenvalue weighted by atomic mass is 15.3. The van der Waals surface area contributed by atoms with Gasteiger partial charge in [-0.05, 0) is 13.0 Å². The fourth-order valence-corrected chi connectivity index (χ4v) is 1.82. The minimum absolute atomic E-state index is 0.212. The number of nitrogen functional groups attached to an aromatic ring is 1. The van der Waals surface area contributed by atoms with E-state index in [4.69, 9.17) is 5.73 Å². The summed E-state index contributed by atoms with van der Waals surface area (Å²) in [4.78, 5) is 15.4. The molecule has 3 rings (SSSR count). The molecule has 0 amide bonds. The van der Waals surface area contributed by atoms with Crippen LogP contribution in [-0.4, -0.2) is 29.7 Å². The molecule has 0 saturated heterocycles. The number of aromatic amines is 1. The van der Waals surface area contributed by atoms with Gasteiger partial charge in [0.05, 0.1) is 12.0 Å². The molecule has 0 aliphatic rings. The first-order chi connectivity index (χ1) is 8.29. The maximum atomic E-state index is 5.68. The minimum Gasteiger partial charge on any atom is -0.368 e. The lowest BCUT2D eigenvalue weighted by molar-refractivity contribution is 0.666. The molecule has 7 nitrogen and oxygen atoms in total. The molecule has 0 fully saturated rings. The van der Waals surface area contributed by atoms with E-state index in [0.29, 0.717) is 5.65 Å². The Bertz CT molecular complexity index is 666. The molecule has 3 aromatic heterocycles. The van der Waals surface area contributed by atoms with E-state index in [0.717, 1.165) is 23.4 Å². The van der Waals surface area contributed by atoms with E-state index in [-0.39, 0.29) is 5.95 Å². The van der Waals surface area contributed by atoms with Gasteiger partial charge in [0.15, 0.2) is 5.65 Å². The average molecular weight is 229 g/mol. The summed E-state index contributed by atoms with van der Waals surface area (Å²) in [6.07, 6.45) is 3.31. The normalized spacial score (nSPS) is 11.1. The highest BCUT2D eigenvalue weighted by molar-refractivity contribution is 5.86. The Balaban J connectivity index is 2.32. The summed E-state index contributed by atoms with van der Waals surface area (Å²) in [5.41, 5.74) is 8.64. The molecular weight excluding hydrogens is 218 g/mol. The van der Waals surface area contributed by atoms with E-state index in [1.165, 1.54) is 0 Å². The van der Waals surface area contributed by atoms with Crippen molar-refractivity contribution in [2.75, 3.05) is 5.73 Å². The molecule has 0 saturated carbocycles. The van der Waals surface area contributed by atoms with Crippen LogP contribution in [-0.2, 0) is 6.54 Å². The first-order valence-corrected chi connectivity index (χ1v) is 5.28. The van der Waals surface area contributed by atoms with Crippen molar-refractivity contribution in [2.24, 2.45) is 0 Å². The van der Waals surface area contributed by atoms with Crippen LogP contribution in [0.4, 0.5) is 5.95 Å². The van der Waals surface area contributed by atoms with E-state index >= 15 is 0 Å². The van der Waals surface area contributed by atoms with Crippen molar-refractivity contribution in [3.8, 4) is 11.4 Å². The number of H-pyrrole nitrogens is 1. The van der Waals surface area contributed by atoms with Crippen LogP contribution in [0.15, 0.2) is 18.6 Å². The fraction of sp³-hybridized carbons (Fsp3) is 0.200. The third kappa shape index (κ3) is 1.43. The number of hydrogen-bond acceptors (Lipinski definition) is 5. The quantitative estimate of drug-likeness (QED) is 0.677. The maximum absolute atomic E-state index is 5.68. The van der Waals surface area contributed by atoms with Gasteiger partial charge in [-0.1, -0.05) is 0 Å². The predicted molar refractivity (Wildman–Crippen MR) is 63.0 cm³/mol. The Morgan fingerprint density at radius 2 is 2.29 bits per heavy atom. The number of hydrogen-bond donors (Lipinski definition) is 2. The van der Waals surface area contributed by atoms with E-state index in [1.807, 2.05) is 17.7 Å². The summed E-state index contributed by atoms with van der Waals surface area (Å²) in [7, 11) is 0. The Morgan fingerprint density at radius 3 is 3.12 bits per heavy atom. The lowest BCUT2D eigenvalue weighted by Crippen LogP contribution is -2.03. The van der Waals surface area contributed by atoms with Gasteiger partial charge in [-0.3, -0.25) is 4.68 Å². The second-order valence-corrected chi connectivity index (χ2v) is 3.56. The number of aromatic nitrogens is 6. The molecule has 7 heteroatoms. The molecule has 0 radical (unpaired) electrons. The van der Waals surface area contributed by atoms with Gasteiger partial charge in [0.25, 0.3) is 0 Å². The third-order valence-electron chi connectivity index (χ3n) is 2.56. The molecule has 86 valence electrons. The Labute approximate surface area is 96.7 Å². The molecule has 3 heterocycles. The van der Waals surface area contributed by atoms with Crippen molar-refractivity contribution in [3.05, 3.63) is 18.6 Å². The summed E-state index contributed by atoms with van der Waals surface area (Å²) in [5, 5.41) is 4.21. The number of nitrogens with two attached hydrogens (primary N) is 1. The zero-order chi connectivity index (χ0) is 11.8. The van der Waals surface area contributed by atoms with Gasteiger partial charge in [0.2, 0.25) is 5.95 Å². The number of nitrogens with zero attached hydrogens (tertiary/aromatic N) is 5. The number of nitrogens with one attached hydrogen (secondary N) is 1. The molecule has 3 aromatic rings. The smallest absolute Gasteiger partial charge is 0.222 e. The van der Waals surface area contributed by atoms with E-state index < -0.39 is 0 Å². The maximum Gasteiger partial charge on any atom is 0.222 e. The van der Waals surface area contributed by atoms with Crippen molar-refractivity contribution in [1.29, 1.82) is 0 Å². The SMILES string of the molecule is CCn1nccc1-c1nc(N)nc2nc[nH]c12. The molecule has 0 unspecified atom stereocenters. The molecule has 0 bridgehead atoms. The summed E-state index contributed by atoms with van der Waals surface area (Å²) in [6.45, 7) is 2.78. The topological polar surface area (TPSA) is 98.3 Å². The van der Waals surface area contributed by atoms with Crippen LogP contribution in [0.1, 0.15) is 6.92 Å². The highest BCUT2D eigenvalue weighted by Gasteiger charge is 2.13. The monoisotopic (exact) mass is 229 g/mol. The summed E-state index contributed by atoms with van der Waals surface area (Å²) in [5.74, 6) is 0.212. The number of fused-ring (bicyclic) bond motifs is 1. The third-order valence-corrected chi connectivity index (χ3v) is 2.56. The van der Waals surface area contributed by atoms with Crippen LogP contribution in [0.3, 0.4) is 0 Å². The number of rotatable bonds is 2. The lowest BCUT2D eigenvalue weighted by atomic mass is 10.2. The van der Waals surface area contributed by atoms with Crippen LogP contribution >= 0.6 is 0 Å².